The predicted octanol–water partition coefficient (Wildman–Crippen LogP) is 7.43. The summed E-state index contributed by atoms with van der Waals surface area (Å²) in [5.41, 5.74) is 7.61. The molecule has 2 rings (SSSR count). The van der Waals surface area contributed by atoms with Gasteiger partial charge in [0.2, 0.25) is 0 Å². The summed E-state index contributed by atoms with van der Waals surface area (Å²) in [5, 5.41) is 0. The Kier molecular flexibility index (Phi) is 13.6. The van der Waals surface area contributed by atoms with Crippen molar-refractivity contribution in [1.29, 1.82) is 0 Å². The predicted molar refractivity (Wildman–Crippen MR) is 115 cm³/mol. The summed E-state index contributed by atoms with van der Waals surface area (Å²) in [5.74, 6) is 0. The van der Waals surface area contributed by atoms with Crippen LogP contribution in [0.25, 0.3) is 0 Å². The van der Waals surface area contributed by atoms with Crippen LogP contribution in [0.15, 0.2) is 0 Å². The van der Waals surface area contributed by atoms with E-state index in [1.807, 2.05) is 0 Å². The molecule has 2 N–H and O–H groups in total. The fourth-order valence-corrected chi connectivity index (χ4v) is 4.85. The molecule has 0 saturated heterocycles. The van der Waals surface area contributed by atoms with Crippen LogP contribution in [0.5, 0.6) is 0 Å². The molecule has 0 aromatic heterocycles. The van der Waals surface area contributed by atoms with Crippen LogP contribution < -0.4 is 10.9 Å². The van der Waals surface area contributed by atoms with E-state index in [1.54, 1.807) is 0 Å². The average Bonchev–Trinajstić information content (AvgIpc) is 2.69. The van der Waals surface area contributed by atoms with E-state index in [1.165, 1.54) is 141 Å². The SMILES string of the molecule is C1CCCCCCC(NNC2CCCCCCCCCC2)CCCCC1. The van der Waals surface area contributed by atoms with Crippen LogP contribution in [0, 0.1) is 0 Å². The van der Waals surface area contributed by atoms with E-state index in [4.69, 9.17) is 0 Å². The number of hydrazine groups is 1. The Labute approximate surface area is 164 Å². The van der Waals surface area contributed by atoms with Gasteiger partial charge in [-0.2, -0.15) is 0 Å². The van der Waals surface area contributed by atoms with Crippen molar-refractivity contribution in [3.63, 3.8) is 0 Å². The molecule has 154 valence electrons. The summed E-state index contributed by atoms with van der Waals surface area (Å²) in [7, 11) is 0. The van der Waals surface area contributed by atoms with Crippen LogP contribution in [0.3, 0.4) is 0 Å². The van der Waals surface area contributed by atoms with Crippen molar-refractivity contribution >= 4 is 0 Å². The summed E-state index contributed by atoms with van der Waals surface area (Å²) in [4.78, 5) is 0. The van der Waals surface area contributed by atoms with E-state index in [-0.39, 0.29) is 0 Å². The molecule has 2 aliphatic rings. The molecule has 2 nitrogen and oxygen atoms in total. The summed E-state index contributed by atoms with van der Waals surface area (Å²) in [6.45, 7) is 0. The number of rotatable bonds is 3. The molecule has 0 spiro atoms. The number of nitrogens with one attached hydrogen (secondary N) is 2. The van der Waals surface area contributed by atoms with Gasteiger partial charge >= 0.3 is 0 Å². The lowest BCUT2D eigenvalue weighted by atomic mass is 10.0. The summed E-state index contributed by atoms with van der Waals surface area (Å²) in [6.07, 6.45) is 31.6. The zero-order chi connectivity index (χ0) is 18.1. The normalized spacial score (nSPS) is 25.4. The van der Waals surface area contributed by atoms with E-state index in [0.29, 0.717) is 12.1 Å². The lowest BCUT2D eigenvalue weighted by molar-refractivity contribution is 0.306. The van der Waals surface area contributed by atoms with Gasteiger partial charge in [-0.1, -0.05) is 116 Å². The van der Waals surface area contributed by atoms with Crippen molar-refractivity contribution in [3.8, 4) is 0 Å². The van der Waals surface area contributed by atoms with Crippen LogP contribution >= 0.6 is 0 Å². The Bertz CT molecular complexity index is 279. The zero-order valence-electron chi connectivity index (χ0n) is 17.7. The molecule has 0 radical (unpaired) electrons. The minimum absolute atomic E-state index is 0.703. The van der Waals surface area contributed by atoms with Crippen molar-refractivity contribution in [2.45, 2.75) is 153 Å². The van der Waals surface area contributed by atoms with Gasteiger partial charge in [0, 0.05) is 12.1 Å². The minimum Gasteiger partial charge on any atom is -0.255 e. The molecule has 0 atom stereocenters. The smallest absolute Gasteiger partial charge is 0.0213 e. The molecule has 0 bridgehead atoms. The molecule has 2 fully saturated rings. The van der Waals surface area contributed by atoms with Gasteiger partial charge in [0.1, 0.15) is 0 Å². The molecule has 0 unspecified atom stereocenters. The maximum Gasteiger partial charge on any atom is 0.0213 e. The van der Waals surface area contributed by atoms with Gasteiger partial charge < -0.3 is 0 Å². The van der Waals surface area contributed by atoms with Crippen molar-refractivity contribution in [2.24, 2.45) is 0 Å². The number of hydrogen-bond donors (Lipinski definition) is 2. The second-order valence-corrected chi connectivity index (χ2v) is 9.20. The Morgan fingerprint density at radius 2 is 0.462 bits per heavy atom. The Balaban J connectivity index is 1.70. The van der Waals surface area contributed by atoms with Crippen LogP contribution in [-0.2, 0) is 0 Å². The van der Waals surface area contributed by atoms with E-state index in [9.17, 15) is 0 Å². The maximum absolute atomic E-state index is 3.81. The third-order valence-electron chi connectivity index (χ3n) is 6.70. The first kappa shape index (κ1) is 22.2. The second kappa shape index (κ2) is 15.9. The van der Waals surface area contributed by atoms with Crippen LogP contribution in [0.1, 0.15) is 141 Å². The highest BCUT2D eigenvalue weighted by Gasteiger charge is 2.13. The topological polar surface area (TPSA) is 24.1 Å². The van der Waals surface area contributed by atoms with Gasteiger partial charge in [-0.25, -0.2) is 0 Å². The van der Waals surface area contributed by atoms with E-state index >= 15 is 0 Å². The van der Waals surface area contributed by atoms with Crippen molar-refractivity contribution < 1.29 is 0 Å². The monoisotopic (exact) mass is 364 g/mol. The molecule has 2 saturated carbocycles. The third-order valence-corrected chi connectivity index (χ3v) is 6.70. The lowest BCUT2D eigenvalue weighted by Crippen LogP contribution is -2.46. The van der Waals surface area contributed by atoms with E-state index in [2.05, 4.69) is 10.9 Å². The first-order valence-corrected chi connectivity index (χ1v) is 12.5. The molecule has 0 aromatic carbocycles. The van der Waals surface area contributed by atoms with E-state index < -0.39 is 0 Å². The lowest BCUT2D eigenvalue weighted by Gasteiger charge is -2.25. The summed E-state index contributed by atoms with van der Waals surface area (Å²) < 4.78 is 0. The maximum atomic E-state index is 3.81. The van der Waals surface area contributed by atoms with Crippen LogP contribution in [0.2, 0.25) is 0 Å². The fourth-order valence-electron chi connectivity index (χ4n) is 4.85. The molecule has 0 aliphatic heterocycles. The quantitative estimate of drug-likeness (QED) is 0.509. The van der Waals surface area contributed by atoms with Gasteiger partial charge in [0.05, 0.1) is 0 Å². The molecule has 2 aliphatic carbocycles. The molecular weight excluding hydrogens is 316 g/mol. The number of hydrogen-bond acceptors (Lipinski definition) is 2. The zero-order valence-corrected chi connectivity index (χ0v) is 17.7. The van der Waals surface area contributed by atoms with Gasteiger partial charge in [0.25, 0.3) is 0 Å². The van der Waals surface area contributed by atoms with Crippen molar-refractivity contribution in [2.75, 3.05) is 0 Å². The standard InChI is InChI=1S/C24H48N2/c1-2-4-8-12-16-20-23(19-15-11-7-3-1)25-26-24-21-17-13-9-5-6-10-14-18-22-24/h23-26H,1-22H2. The Morgan fingerprint density at radius 1 is 0.269 bits per heavy atom. The van der Waals surface area contributed by atoms with Crippen molar-refractivity contribution in [1.82, 2.24) is 10.9 Å². The summed E-state index contributed by atoms with van der Waals surface area (Å²) in [6, 6.07) is 1.41. The third kappa shape index (κ3) is 11.6. The molecule has 26 heavy (non-hydrogen) atoms. The second-order valence-electron chi connectivity index (χ2n) is 9.20. The van der Waals surface area contributed by atoms with Gasteiger partial charge in [-0.05, 0) is 25.7 Å². The van der Waals surface area contributed by atoms with E-state index in [0.717, 1.165) is 0 Å². The largest absolute Gasteiger partial charge is 0.255 e. The van der Waals surface area contributed by atoms with Gasteiger partial charge in [-0.3, -0.25) is 10.9 Å². The van der Waals surface area contributed by atoms with Crippen molar-refractivity contribution in [3.05, 3.63) is 0 Å². The molecule has 0 aromatic rings. The minimum atomic E-state index is 0.703. The average molecular weight is 365 g/mol. The Hall–Kier alpha value is -0.0800. The highest BCUT2D eigenvalue weighted by atomic mass is 15.4. The molecule has 2 heteroatoms. The molecule has 0 amide bonds. The van der Waals surface area contributed by atoms with Gasteiger partial charge in [0.15, 0.2) is 0 Å². The van der Waals surface area contributed by atoms with Crippen LogP contribution in [-0.4, -0.2) is 12.1 Å². The first-order valence-electron chi connectivity index (χ1n) is 12.5. The first-order chi connectivity index (χ1) is 12.9. The summed E-state index contributed by atoms with van der Waals surface area (Å²) >= 11 is 0. The highest BCUT2D eigenvalue weighted by Crippen LogP contribution is 2.19. The van der Waals surface area contributed by atoms with Gasteiger partial charge in [-0.15, -0.1) is 0 Å². The molecular formula is C24H48N2. The Morgan fingerprint density at radius 3 is 0.692 bits per heavy atom. The fraction of sp³-hybridized carbons (Fsp3) is 1.00. The highest BCUT2D eigenvalue weighted by molar-refractivity contribution is 4.71. The molecule has 0 heterocycles. The van der Waals surface area contributed by atoms with Crippen LogP contribution in [0.4, 0.5) is 0 Å².